The number of nitrogen functional groups attached to an aromatic ring is 1. The Morgan fingerprint density at radius 2 is 1.85 bits per heavy atom. The van der Waals surface area contributed by atoms with Gasteiger partial charge in [0.2, 0.25) is 0 Å². The number of esters is 1. The number of nitrogens with zero attached hydrogens (tertiary/aromatic N) is 8. The molecule has 0 bridgehead atoms. The van der Waals surface area contributed by atoms with Crippen LogP contribution >= 0.6 is 11.6 Å². The van der Waals surface area contributed by atoms with Gasteiger partial charge in [0.25, 0.3) is 5.91 Å². The molecule has 0 aliphatic carbocycles. The molecule has 1 atom stereocenters. The summed E-state index contributed by atoms with van der Waals surface area (Å²) in [7, 11) is 4.96. The van der Waals surface area contributed by atoms with E-state index in [9.17, 15) is 22.8 Å². The fourth-order valence-electron chi connectivity index (χ4n) is 4.96. The van der Waals surface area contributed by atoms with Crippen molar-refractivity contribution in [2.75, 3.05) is 33.0 Å². The first-order valence-electron chi connectivity index (χ1n) is 14.0. The molecular weight excluding hydrogens is 643 g/mol. The predicted octanol–water partition coefficient (Wildman–Crippen LogP) is 4.63. The summed E-state index contributed by atoms with van der Waals surface area (Å²) in [4.78, 5) is 38.1. The average Bonchev–Trinajstić information content (AvgIpc) is 3.64. The summed E-state index contributed by atoms with van der Waals surface area (Å²) < 4.78 is 52.0. The number of hydrogen-bond donors (Lipinski definition) is 1. The Bertz CT molecular complexity index is 1970. The number of carbonyl (C=O) groups excluding carboxylic acids is 2. The molecule has 0 saturated heterocycles. The van der Waals surface area contributed by atoms with Gasteiger partial charge in [-0.3, -0.25) is 14.5 Å². The summed E-state index contributed by atoms with van der Waals surface area (Å²) >= 11 is 6.78. The summed E-state index contributed by atoms with van der Waals surface area (Å²) in [6, 6.07) is 4.19. The number of hydrogen-bond acceptors (Lipinski definition) is 10. The minimum absolute atomic E-state index is 0.191. The van der Waals surface area contributed by atoms with Gasteiger partial charge in [0.1, 0.15) is 42.5 Å². The maximum atomic E-state index is 12.8. The molecule has 0 aliphatic rings. The van der Waals surface area contributed by atoms with E-state index < -0.39 is 31.4 Å². The molecule has 0 aliphatic heterocycles. The normalized spacial score (nSPS) is 12.3. The molecule has 13 nitrogen and oxygen atoms in total. The van der Waals surface area contributed by atoms with Gasteiger partial charge < -0.3 is 20.1 Å². The fourth-order valence-corrected chi connectivity index (χ4v) is 5.17. The van der Waals surface area contributed by atoms with Crippen molar-refractivity contribution < 1.29 is 32.2 Å². The number of nitrogens with two attached hydrogens (primary N) is 1. The van der Waals surface area contributed by atoms with Crippen LogP contribution in [-0.4, -0.2) is 84.8 Å². The number of benzene rings is 1. The molecule has 4 aromatic heterocycles. The van der Waals surface area contributed by atoms with Crippen molar-refractivity contribution in [3.05, 3.63) is 65.0 Å². The Kier molecular flexibility index (Phi) is 9.07. The highest BCUT2D eigenvalue weighted by molar-refractivity contribution is 6.32. The van der Waals surface area contributed by atoms with Crippen molar-refractivity contribution >= 4 is 40.3 Å². The number of alkyl halides is 3. The van der Waals surface area contributed by atoms with Crippen LogP contribution in [-0.2, 0) is 16.6 Å². The smallest absolute Gasteiger partial charge is 0.489 e. The molecule has 5 rings (SSSR count). The Morgan fingerprint density at radius 3 is 2.47 bits per heavy atom. The molecule has 1 unspecified atom stereocenters. The van der Waals surface area contributed by atoms with Gasteiger partial charge in [0.15, 0.2) is 5.65 Å². The standard InChI is InChI=1S/C30H29ClF3N9O4/c1-15-20(31)10-19(16(2)43-27-23(26(35)37-14-38-27)24(40-43)18-12-39-42(5)13-18)25(46-8-9-47-29(45)30(32,33)34)22(15)17-6-7-21(36-11-17)28(44)41(3)4/h6-7,10-14,16H,8-9H2,1-5H3,(H2,35,37,38). The quantitative estimate of drug-likeness (QED) is 0.173. The molecule has 246 valence electrons. The van der Waals surface area contributed by atoms with Crippen LogP contribution in [0, 0.1) is 6.92 Å². The van der Waals surface area contributed by atoms with Crippen LogP contribution < -0.4 is 10.5 Å². The van der Waals surface area contributed by atoms with E-state index in [4.69, 9.17) is 27.2 Å². The van der Waals surface area contributed by atoms with Crippen molar-refractivity contribution in [3.63, 3.8) is 0 Å². The second kappa shape index (κ2) is 12.9. The van der Waals surface area contributed by atoms with Gasteiger partial charge in [-0.05, 0) is 31.5 Å². The van der Waals surface area contributed by atoms with Crippen molar-refractivity contribution in [1.29, 1.82) is 0 Å². The van der Waals surface area contributed by atoms with Crippen LogP contribution in [0.5, 0.6) is 5.75 Å². The molecule has 5 aromatic rings. The van der Waals surface area contributed by atoms with Crippen LogP contribution in [0.25, 0.3) is 33.4 Å². The SMILES string of the molecule is Cc1c(Cl)cc(C(C)n2nc(-c3cnn(C)c3)c3c(N)ncnc32)c(OCCOC(=O)C(F)(F)F)c1-c1ccc(C(=O)N(C)C)nc1. The van der Waals surface area contributed by atoms with Crippen molar-refractivity contribution in [1.82, 2.24) is 39.4 Å². The van der Waals surface area contributed by atoms with Crippen LogP contribution in [0.15, 0.2) is 43.1 Å². The lowest BCUT2D eigenvalue weighted by Gasteiger charge is -2.23. The van der Waals surface area contributed by atoms with Gasteiger partial charge in [-0.2, -0.15) is 23.4 Å². The highest BCUT2D eigenvalue weighted by atomic mass is 35.5. The highest BCUT2D eigenvalue weighted by Gasteiger charge is 2.41. The van der Waals surface area contributed by atoms with Crippen molar-refractivity contribution in [3.8, 4) is 28.1 Å². The first-order chi connectivity index (χ1) is 22.2. The number of pyridine rings is 1. The van der Waals surface area contributed by atoms with E-state index in [1.54, 1.807) is 68.9 Å². The van der Waals surface area contributed by atoms with Gasteiger partial charge in [-0.25, -0.2) is 19.4 Å². The minimum Gasteiger partial charge on any atom is -0.489 e. The van der Waals surface area contributed by atoms with Crippen molar-refractivity contribution in [2.24, 2.45) is 7.05 Å². The van der Waals surface area contributed by atoms with Gasteiger partial charge in [-0.1, -0.05) is 17.7 Å². The number of amides is 1. The van der Waals surface area contributed by atoms with Gasteiger partial charge in [-0.15, -0.1) is 0 Å². The number of halogens is 4. The molecule has 47 heavy (non-hydrogen) atoms. The Labute approximate surface area is 271 Å². The summed E-state index contributed by atoms with van der Waals surface area (Å²) in [5.41, 5.74) is 9.98. The largest absolute Gasteiger partial charge is 0.490 e. The topological polar surface area (TPSA) is 156 Å². The molecule has 1 aromatic carbocycles. The first kappa shape index (κ1) is 33.1. The number of carbonyl (C=O) groups is 2. The first-order valence-corrected chi connectivity index (χ1v) is 14.4. The molecule has 1 amide bonds. The number of aryl methyl sites for hydroxylation is 1. The zero-order valence-corrected chi connectivity index (χ0v) is 26.6. The summed E-state index contributed by atoms with van der Waals surface area (Å²) in [6.07, 6.45) is 1.00. The maximum absolute atomic E-state index is 12.8. The van der Waals surface area contributed by atoms with Crippen LogP contribution in [0.3, 0.4) is 0 Å². The maximum Gasteiger partial charge on any atom is 0.490 e. The third-order valence-corrected chi connectivity index (χ3v) is 7.68. The molecule has 0 radical (unpaired) electrons. The highest BCUT2D eigenvalue weighted by Crippen LogP contribution is 2.44. The second-order valence-corrected chi connectivity index (χ2v) is 11.1. The van der Waals surface area contributed by atoms with E-state index >= 15 is 0 Å². The van der Waals surface area contributed by atoms with Gasteiger partial charge >= 0.3 is 12.1 Å². The molecular formula is C30H29ClF3N9O4. The monoisotopic (exact) mass is 671 g/mol. The van der Waals surface area contributed by atoms with Crippen LogP contribution in [0.1, 0.15) is 34.6 Å². The predicted molar refractivity (Wildman–Crippen MR) is 166 cm³/mol. The zero-order valence-electron chi connectivity index (χ0n) is 25.8. The lowest BCUT2D eigenvalue weighted by atomic mass is 9.94. The molecule has 4 heterocycles. The van der Waals surface area contributed by atoms with Crippen molar-refractivity contribution in [2.45, 2.75) is 26.1 Å². The van der Waals surface area contributed by atoms with Gasteiger partial charge in [0.05, 0.1) is 17.6 Å². The lowest BCUT2D eigenvalue weighted by Crippen LogP contribution is -2.27. The van der Waals surface area contributed by atoms with E-state index in [1.807, 2.05) is 0 Å². The number of rotatable bonds is 9. The lowest BCUT2D eigenvalue weighted by molar-refractivity contribution is -0.200. The van der Waals surface area contributed by atoms with Gasteiger partial charge in [0, 0.05) is 60.8 Å². The summed E-state index contributed by atoms with van der Waals surface area (Å²) in [5, 5.41) is 9.89. The number of anilines is 1. The minimum atomic E-state index is -5.16. The van der Waals surface area contributed by atoms with E-state index in [1.165, 1.54) is 23.5 Å². The van der Waals surface area contributed by atoms with Crippen LogP contribution in [0.2, 0.25) is 5.02 Å². The van der Waals surface area contributed by atoms with E-state index in [0.29, 0.717) is 49.6 Å². The molecule has 17 heteroatoms. The Hall–Kier alpha value is -5.25. The summed E-state index contributed by atoms with van der Waals surface area (Å²) in [5.74, 6) is -2.25. The average molecular weight is 672 g/mol. The summed E-state index contributed by atoms with van der Waals surface area (Å²) in [6.45, 7) is 2.41. The number of aromatic nitrogens is 7. The third-order valence-electron chi connectivity index (χ3n) is 7.29. The van der Waals surface area contributed by atoms with E-state index in [-0.39, 0.29) is 23.2 Å². The Balaban J connectivity index is 1.65. The Morgan fingerprint density at radius 1 is 1.11 bits per heavy atom. The zero-order chi connectivity index (χ0) is 34.2. The van der Waals surface area contributed by atoms with Crippen LogP contribution in [0.4, 0.5) is 19.0 Å². The van der Waals surface area contributed by atoms with E-state index in [2.05, 4.69) is 24.8 Å². The van der Waals surface area contributed by atoms with E-state index in [0.717, 1.165) is 0 Å². The molecule has 2 N–H and O–H groups in total. The molecule has 0 saturated carbocycles. The number of ether oxygens (including phenoxy) is 2. The second-order valence-electron chi connectivity index (χ2n) is 10.7. The third kappa shape index (κ3) is 6.54. The number of fused-ring (bicyclic) bond motifs is 1. The molecule has 0 spiro atoms. The molecule has 0 fully saturated rings. The fraction of sp³-hybridized carbons (Fsp3) is 0.300.